The minimum Gasteiger partial charge on any atom is -0.368 e. The highest BCUT2D eigenvalue weighted by Gasteiger charge is 2.24. The van der Waals surface area contributed by atoms with Crippen molar-refractivity contribution in [2.45, 2.75) is 32.2 Å². The summed E-state index contributed by atoms with van der Waals surface area (Å²) in [4.78, 5) is 2.53. The van der Waals surface area contributed by atoms with Crippen molar-refractivity contribution in [3.8, 4) is 0 Å². The summed E-state index contributed by atoms with van der Waals surface area (Å²) in [5.41, 5.74) is 3.04. The number of nitrogens with one attached hydrogen (secondary N) is 2. The molecule has 1 unspecified atom stereocenters. The number of nitrogens with zero attached hydrogens (tertiary/aromatic N) is 1. The molecule has 0 saturated carbocycles. The average molecular weight is 261 g/mol. The standard InChI is InChI=1S/C16H27N3/c1-16(2,3)14-7-5-6-8-15(14)19-10-9-18-13(12-19)11-17-4/h5-8,13,17-18H,9-12H2,1-4H3. The first kappa shape index (κ1) is 14.4. The molecule has 1 atom stereocenters. The quantitative estimate of drug-likeness (QED) is 0.871. The van der Waals surface area contributed by atoms with Gasteiger partial charge in [-0.05, 0) is 24.1 Å². The Labute approximate surface area is 117 Å². The van der Waals surface area contributed by atoms with E-state index in [2.05, 4.69) is 60.6 Å². The Bertz CT molecular complexity index is 407. The molecule has 3 nitrogen and oxygen atoms in total. The molecule has 19 heavy (non-hydrogen) atoms. The zero-order valence-electron chi connectivity index (χ0n) is 12.7. The third kappa shape index (κ3) is 3.48. The molecule has 1 aromatic rings. The predicted octanol–water partition coefficient (Wildman–Crippen LogP) is 1.98. The van der Waals surface area contributed by atoms with Crippen molar-refractivity contribution in [1.29, 1.82) is 0 Å². The molecule has 0 bridgehead atoms. The molecule has 3 heteroatoms. The van der Waals surface area contributed by atoms with Gasteiger partial charge in [0.2, 0.25) is 0 Å². The Balaban J connectivity index is 2.21. The highest BCUT2D eigenvalue weighted by Crippen LogP contribution is 2.32. The van der Waals surface area contributed by atoms with Gasteiger partial charge in [0.15, 0.2) is 0 Å². The van der Waals surface area contributed by atoms with Crippen LogP contribution in [0.3, 0.4) is 0 Å². The lowest BCUT2D eigenvalue weighted by Crippen LogP contribution is -2.54. The van der Waals surface area contributed by atoms with E-state index >= 15 is 0 Å². The fourth-order valence-electron chi connectivity index (χ4n) is 2.81. The maximum absolute atomic E-state index is 3.57. The van der Waals surface area contributed by atoms with Gasteiger partial charge in [-0.1, -0.05) is 39.0 Å². The summed E-state index contributed by atoms with van der Waals surface area (Å²) in [6, 6.07) is 9.37. The molecular weight excluding hydrogens is 234 g/mol. The maximum atomic E-state index is 3.57. The summed E-state index contributed by atoms with van der Waals surface area (Å²) in [7, 11) is 2.02. The minimum absolute atomic E-state index is 0.194. The fraction of sp³-hybridized carbons (Fsp3) is 0.625. The third-order valence-electron chi connectivity index (χ3n) is 3.76. The van der Waals surface area contributed by atoms with Gasteiger partial charge < -0.3 is 15.5 Å². The molecule has 1 fully saturated rings. The summed E-state index contributed by atoms with van der Waals surface area (Å²) in [5.74, 6) is 0. The van der Waals surface area contributed by atoms with Gasteiger partial charge in [0.05, 0.1) is 0 Å². The largest absolute Gasteiger partial charge is 0.368 e. The topological polar surface area (TPSA) is 27.3 Å². The number of piperazine rings is 1. The first-order valence-corrected chi connectivity index (χ1v) is 7.25. The molecule has 0 spiro atoms. The first-order chi connectivity index (χ1) is 9.02. The molecule has 0 amide bonds. The molecule has 0 aromatic heterocycles. The molecule has 1 aliphatic heterocycles. The van der Waals surface area contributed by atoms with Crippen LogP contribution in [0.15, 0.2) is 24.3 Å². The second-order valence-electron chi connectivity index (χ2n) is 6.42. The second-order valence-corrected chi connectivity index (χ2v) is 6.42. The third-order valence-corrected chi connectivity index (χ3v) is 3.76. The van der Waals surface area contributed by atoms with Crippen molar-refractivity contribution >= 4 is 5.69 Å². The van der Waals surface area contributed by atoms with E-state index in [1.165, 1.54) is 11.3 Å². The summed E-state index contributed by atoms with van der Waals surface area (Å²) in [6.45, 7) is 11.1. The van der Waals surface area contributed by atoms with E-state index in [0.717, 1.165) is 26.2 Å². The van der Waals surface area contributed by atoms with Crippen LogP contribution >= 0.6 is 0 Å². The second kappa shape index (κ2) is 5.93. The first-order valence-electron chi connectivity index (χ1n) is 7.25. The lowest BCUT2D eigenvalue weighted by Gasteiger charge is -2.38. The highest BCUT2D eigenvalue weighted by atomic mass is 15.2. The van der Waals surface area contributed by atoms with E-state index in [0.29, 0.717) is 6.04 Å². The van der Waals surface area contributed by atoms with Gasteiger partial charge in [0.25, 0.3) is 0 Å². The van der Waals surface area contributed by atoms with Crippen LogP contribution in [0.5, 0.6) is 0 Å². The number of para-hydroxylation sites is 1. The number of likely N-dealkylation sites (N-methyl/N-ethyl adjacent to an activating group) is 1. The van der Waals surface area contributed by atoms with Crippen LogP contribution in [-0.4, -0.2) is 39.3 Å². The fourth-order valence-corrected chi connectivity index (χ4v) is 2.81. The summed E-state index contributed by atoms with van der Waals surface area (Å²) in [6.07, 6.45) is 0. The van der Waals surface area contributed by atoms with Crippen LogP contribution in [0.2, 0.25) is 0 Å². The highest BCUT2D eigenvalue weighted by molar-refractivity contribution is 5.56. The van der Waals surface area contributed by atoms with Crippen molar-refractivity contribution in [3.05, 3.63) is 29.8 Å². The zero-order valence-corrected chi connectivity index (χ0v) is 12.7. The number of rotatable bonds is 3. The molecule has 1 saturated heterocycles. The summed E-state index contributed by atoms with van der Waals surface area (Å²) < 4.78 is 0. The van der Waals surface area contributed by atoms with Crippen LogP contribution in [-0.2, 0) is 5.41 Å². The van der Waals surface area contributed by atoms with E-state index in [-0.39, 0.29) is 5.41 Å². The summed E-state index contributed by atoms with van der Waals surface area (Å²) in [5, 5.41) is 6.84. The number of hydrogen-bond donors (Lipinski definition) is 2. The molecule has 2 rings (SSSR count). The van der Waals surface area contributed by atoms with E-state index in [1.807, 2.05) is 7.05 Å². The van der Waals surface area contributed by atoms with E-state index < -0.39 is 0 Å². The van der Waals surface area contributed by atoms with E-state index in [9.17, 15) is 0 Å². The van der Waals surface area contributed by atoms with Gasteiger partial charge in [-0.3, -0.25) is 0 Å². The molecule has 0 radical (unpaired) electrons. The average Bonchev–Trinajstić information content (AvgIpc) is 2.38. The molecule has 0 aliphatic carbocycles. The van der Waals surface area contributed by atoms with Gasteiger partial charge in [-0.2, -0.15) is 0 Å². The Morgan fingerprint density at radius 3 is 2.74 bits per heavy atom. The van der Waals surface area contributed by atoms with Gasteiger partial charge in [0, 0.05) is 37.9 Å². The zero-order chi connectivity index (χ0) is 13.9. The lowest BCUT2D eigenvalue weighted by molar-refractivity contribution is 0.441. The van der Waals surface area contributed by atoms with Crippen molar-refractivity contribution in [2.24, 2.45) is 0 Å². The normalized spacial score (nSPS) is 20.6. The van der Waals surface area contributed by atoms with Crippen LogP contribution in [0.25, 0.3) is 0 Å². The monoisotopic (exact) mass is 261 g/mol. The Morgan fingerprint density at radius 1 is 1.32 bits per heavy atom. The number of anilines is 1. The predicted molar refractivity (Wildman–Crippen MR) is 83.1 cm³/mol. The van der Waals surface area contributed by atoms with Crippen molar-refractivity contribution in [2.75, 3.05) is 38.1 Å². The Morgan fingerprint density at radius 2 is 2.05 bits per heavy atom. The Kier molecular flexibility index (Phi) is 4.48. The molecular formula is C16H27N3. The van der Waals surface area contributed by atoms with Crippen LogP contribution in [0.4, 0.5) is 5.69 Å². The number of hydrogen-bond acceptors (Lipinski definition) is 3. The van der Waals surface area contributed by atoms with Gasteiger partial charge in [0.1, 0.15) is 0 Å². The van der Waals surface area contributed by atoms with Gasteiger partial charge in [-0.15, -0.1) is 0 Å². The van der Waals surface area contributed by atoms with Crippen LogP contribution in [0.1, 0.15) is 26.3 Å². The summed E-state index contributed by atoms with van der Waals surface area (Å²) >= 11 is 0. The smallest absolute Gasteiger partial charge is 0.0405 e. The number of benzene rings is 1. The van der Waals surface area contributed by atoms with Gasteiger partial charge >= 0.3 is 0 Å². The molecule has 1 aliphatic rings. The van der Waals surface area contributed by atoms with Crippen molar-refractivity contribution in [3.63, 3.8) is 0 Å². The van der Waals surface area contributed by atoms with E-state index in [1.54, 1.807) is 0 Å². The lowest BCUT2D eigenvalue weighted by atomic mass is 9.85. The minimum atomic E-state index is 0.194. The van der Waals surface area contributed by atoms with Crippen molar-refractivity contribution < 1.29 is 0 Å². The molecule has 1 heterocycles. The van der Waals surface area contributed by atoms with E-state index in [4.69, 9.17) is 0 Å². The van der Waals surface area contributed by atoms with Crippen LogP contribution in [0, 0.1) is 0 Å². The molecule has 2 N–H and O–H groups in total. The molecule has 1 aromatic carbocycles. The maximum Gasteiger partial charge on any atom is 0.0405 e. The van der Waals surface area contributed by atoms with Crippen molar-refractivity contribution in [1.82, 2.24) is 10.6 Å². The van der Waals surface area contributed by atoms with Gasteiger partial charge in [-0.25, -0.2) is 0 Å². The SMILES string of the molecule is CNCC1CN(c2ccccc2C(C)(C)C)CCN1. The Hall–Kier alpha value is -1.06. The molecule has 106 valence electrons. The van der Waals surface area contributed by atoms with Crippen LogP contribution < -0.4 is 15.5 Å².